The summed E-state index contributed by atoms with van der Waals surface area (Å²) in [6.45, 7) is 13.8. The van der Waals surface area contributed by atoms with Crippen molar-refractivity contribution in [2.24, 2.45) is 17.8 Å². The van der Waals surface area contributed by atoms with Crippen LogP contribution in [0, 0.1) is 17.8 Å². The molecule has 0 aliphatic carbocycles. The largest absolute Gasteiger partial charge is 0.370 e. The number of hydrogen-bond acceptors (Lipinski definition) is 13. The van der Waals surface area contributed by atoms with Crippen LogP contribution in [-0.2, 0) is 74.8 Å². The number of ether oxygens (including phenoxy) is 13. The summed E-state index contributed by atoms with van der Waals surface area (Å²) in [4.78, 5) is 0. The predicted molar refractivity (Wildman–Crippen MR) is 208 cm³/mol. The molecule has 13 heteroatoms. The summed E-state index contributed by atoms with van der Waals surface area (Å²) in [5, 5.41) is 2.36. The Balaban J connectivity index is 0.944. The number of hydrogen-bond donors (Lipinski definition) is 0. The first-order chi connectivity index (χ1) is 28.2. The van der Waals surface area contributed by atoms with Gasteiger partial charge in [-0.05, 0) is 48.7 Å². The van der Waals surface area contributed by atoms with Crippen molar-refractivity contribution in [1.82, 2.24) is 0 Å². The second-order valence-electron chi connectivity index (χ2n) is 16.7. The van der Waals surface area contributed by atoms with Gasteiger partial charge in [-0.1, -0.05) is 87.5 Å². The Bertz CT molecular complexity index is 1800. The van der Waals surface area contributed by atoms with Crippen LogP contribution in [0.3, 0.4) is 0 Å². The van der Waals surface area contributed by atoms with Crippen LogP contribution in [0.5, 0.6) is 0 Å². The Hall–Kier alpha value is -2.60. The first kappa shape index (κ1) is 40.8. The molecule has 6 saturated heterocycles. The number of benzene rings is 3. The normalized spacial score (nSPS) is 42.9. The fraction of sp³-hybridized carbons (Fsp3) is 0.644. The molecule has 18 atom stereocenters. The van der Waals surface area contributed by atoms with E-state index in [9.17, 15) is 0 Å². The fourth-order valence-electron chi connectivity index (χ4n) is 9.22. The Kier molecular flexibility index (Phi) is 12.5. The van der Waals surface area contributed by atoms with E-state index in [1.54, 1.807) is 0 Å². The third kappa shape index (κ3) is 8.62. The van der Waals surface area contributed by atoms with Crippen molar-refractivity contribution in [3.05, 3.63) is 83.9 Å². The van der Waals surface area contributed by atoms with Gasteiger partial charge >= 0.3 is 0 Å². The standard InChI is InChI=1S/C45H58O13/c1-24-37(49-20-31-16-17-32-14-10-11-15-33(32)18-31)40-34(21-46-27(4)51-40)55-44(24)58-39-26(3)45(56-36-23-48-29(6)53-42(36)39)57-38-25(2)43(50-19-30-12-8-7-9-13-30)54-35-22-47-28(5)52-41(35)38/h7-18,24-29,34-45H,19-23H2,1-6H3/t24?,25?,26?,27?,28?,29?,34?,35?,36?,37-,38-,39-,40-,41-,42-,43-,44+,45+/m1/s1. The fourth-order valence-corrected chi connectivity index (χ4v) is 9.22. The maximum Gasteiger partial charge on any atom is 0.163 e. The van der Waals surface area contributed by atoms with Crippen LogP contribution in [0.1, 0.15) is 52.7 Å². The zero-order valence-corrected chi connectivity index (χ0v) is 34.2. The molecule has 13 nitrogen and oxygen atoms in total. The summed E-state index contributed by atoms with van der Waals surface area (Å²) in [5.74, 6) is -0.728. The Labute approximate surface area is 340 Å². The molecule has 0 radical (unpaired) electrons. The van der Waals surface area contributed by atoms with Gasteiger partial charge in [0.1, 0.15) is 36.6 Å². The van der Waals surface area contributed by atoms with E-state index < -0.39 is 74.2 Å². The molecule has 6 heterocycles. The molecule has 9 unspecified atom stereocenters. The van der Waals surface area contributed by atoms with Crippen molar-refractivity contribution in [1.29, 1.82) is 0 Å². The lowest BCUT2D eigenvalue weighted by molar-refractivity contribution is -0.407. The molecular formula is C45H58O13. The summed E-state index contributed by atoms with van der Waals surface area (Å²) in [7, 11) is 0. The lowest BCUT2D eigenvalue weighted by Gasteiger charge is -2.53. The minimum atomic E-state index is -0.705. The van der Waals surface area contributed by atoms with Gasteiger partial charge in [-0.2, -0.15) is 0 Å². The van der Waals surface area contributed by atoms with Gasteiger partial charge < -0.3 is 61.6 Å². The van der Waals surface area contributed by atoms with Crippen molar-refractivity contribution < 1.29 is 61.6 Å². The predicted octanol–water partition coefficient (Wildman–Crippen LogP) is 6.08. The van der Waals surface area contributed by atoms with Crippen molar-refractivity contribution in [3.63, 3.8) is 0 Å². The number of rotatable bonds is 10. The molecule has 9 rings (SSSR count). The monoisotopic (exact) mass is 806 g/mol. The highest BCUT2D eigenvalue weighted by Crippen LogP contribution is 2.42. The van der Waals surface area contributed by atoms with Crippen LogP contribution in [0.2, 0.25) is 0 Å². The molecular weight excluding hydrogens is 748 g/mol. The number of fused-ring (bicyclic) bond motifs is 4. The SMILES string of the molecule is CC1OCC2O[C@@H](O[C@@H]3C(C)[C@H](O[C@@H]4C(C)[C@H](OCc5ccccc5)OC5COC(C)O[C@H]54)OC4COC(C)O[C@H]43)C(C)[C@@H](OCc3ccc4ccccc4c3)[C@@H]2O1. The molecule has 0 N–H and O–H groups in total. The summed E-state index contributed by atoms with van der Waals surface area (Å²) >= 11 is 0. The highest BCUT2D eigenvalue weighted by atomic mass is 16.8. The van der Waals surface area contributed by atoms with Crippen molar-refractivity contribution in [2.45, 2.75) is 147 Å². The second-order valence-corrected chi connectivity index (χ2v) is 16.7. The van der Waals surface area contributed by atoms with Crippen LogP contribution in [0.4, 0.5) is 0 Å². The third-order valence-electron chi connectivity index (χ3n) is 12.5. The highest BCUT2D eigenvalue weighted by molar-refractivity contribution is 5.82. The first-order valence-electron chi connectivity index (χ1n) is 21.0. The van der Waals surface area contributed by atoms with Crippen LogP contribution in [0.25, 0.3) is 10.8 Å². The van der Waals surface area contributed by atoms with Crippen molar-refractivity contribution >= 4 is 10.8 Å². The zero-order valence-electron chi connectivity index (χ0n) is 34.2. The second kappa shape index (κ2) is 17.8. The van der Waals surface area contributed by atoms with E-state index in [-0.39, 0.29) is 36.3 Å². The van der Waals surface area contributed by atoms with E-state index in [2.05, 4.69) is 57.2 Å². The quantitative estimate of drug-likeness (QED) is 0.236. The summed E-state index contributed by atoms with van der Waals surface area (Å²) in [6, 6.07) is 24.8. The van der Waals surface area contributed by atoms with Gasteiger partial charge in [0.15, 0.2) is 37.7 Å². The van der Waals surface area contributed by atoms with Gasteiger partial charge in [-0.15, -0.1) is 0 Å². The summed E-state index contributed by atoms with van der Waals surface area (Å²) in [6.07, 6.45) is -6.88. The minimum Gasteiger partial charge on any atom is -0.370 e. The smallest absolute Gasteiger partial charge is 0.163 e. The van der Waals surface area contributed by atoms with Crippen LogP contribution in [-0.4, -0.2) is 112 Å². The highest BCUT2D eigenvalue weighted by Gasteiger charge is 2.56. The van der Waals surface area contributed by atoms with Crippen LogP contribution < -0.4 is 0 Å². The topological polar surface area (TPSA) is 120 Å². The first-order valence-corrected chi connectivity index (χ1v) is 21.0. The van der Waals surface area contributed by atoms with Gasteiger partial charge in [0, 0.05) is 17.8 Å². The van der Waals surface area contributed by atoms with Crippen molar-refractivity contribution in [2.75, 3.05) is 19.8 Å². The molecule has 6 fully saturated rings. The molecule has 0 saturated carbocycles. The maximum absolute atomic E-state index is 7.11. The molecule has 0 bridgehead atoms. The molecule has 6 aliphatic rings. The molecule has 0 aromatic heterocycles. The van der Waals surface area contributed by atoms with E-state index in [0.29, 0.717) is 33.0 Å². The van der Waals surface area contributed by atoms with E-state index >= 15 is 0 Å². The average molecular weight is 807 g/mol. The Morgan fingerprint density at radius 3 is 1.50 bits per heavy atom. The minimum absolute atomic E-state index is 0.213. The molecule has 316 valence electrons. The van der Waals surface area contributed by atoms with E-state index in [0.717, 1.165) is 11.1 Å². The summed E-state index contributed by atoms with van der Waals surface area (Å²) in [5.41, 5.74) is 2.13. The average Bonchev–Trinajstić information content (AvgIpc) is 3.23. The van der Waals surface area contributed by atoms with Crippen LogP contribution >= 0.6 is 0 Å². The molecule has 0 spiro atoms. The zero-order chi connectivity index (χ0) is 39.9. The van der Waals surface area contributed by atoms with Crippen molar-refractivity contribution in [3.8, 4) is 0 Å². The maximum atomic E-state index is 7.11. The van der Waals surface area contributed by atoms with E-state index in [1.165, 1.54) is 10.8 Å². The van der Waals surface area contributed by atoms with Gasteiger partial charge in [0.2, 0.25) is 0 Å². The summed E-state index contributed by atoms with van der Waals surface area (Å²) < 4.78 is 84.2. The molecule has 0 amide bonds. The molecule has 3 aromatic rings. The third-order valence-corrected chi connectivity index (χ3v) is 12.5. The molecule has 6 aliphatic heterocycles. The molecule has 58 heavy (non-hydrogen) atoms. The molecule has 3 aromatic carbocycles. The van der Waals surface area contributed by atoms with Gasteiger partial charge in [0.05, 0.1) is 51.3 Å². The van der Waals surface area contributed by atoms with Crippen LogP contribution in [0.15, 0.2) is 72.8 Å². The van der Waals surface area contributed by atoms with Gasteiger partial charge in [-0.25, -0.2) is 0 Å². The Morgan fingerprint density at radius 2 is 0.914 bits per heavy atom. The van der Waals surface area contributed by atoms with E-state index in [1.807, 2.05) is 57.2 Å². The van der Waals surface area contributed by atoms with Gasteiger partial charge in [0.25, 0.3) is 0 Å². The lowest BCUT2D eigenvalue weighted by Crippen LogP contribution is -2.66. The van der Waals surface area contributed by atoms with E-state index in [4.69, 9.17) is 61.6 Å². The lowest BCUT2D eigenvalue weighted by atomic mass is 9.88. The van der Waals surface area contributed by atoms with Gasteiger partial charge in [-0.3, -0.25) is 0 Å². The Morgan fingerprint density at radius 1 is 0.448 bits per heavy atom.